The lowest BCUT2D eigenvalue weighted by atomic mass is 9.97. The van der Waals surface area contributed by atoms with Gasteiger partial charge in [0.15, 0.2) is 0 Å². The molecule has 19 heavy (non-hydrogen) atoms. The number of hydrogen-bond acceptors (Lipinski definition) is 2. The minimum atomic E-state index is -0.157. The number of aromatic nitrogens is 2. The molecule has 2 rings (SSSR count). The zero-order chi connectivity index (χ0) is 14.0. The van der Waals surface area contributed by atoms with Crippen molar-refractivity contribution < 1.29 is 0 Å². The Hall–Kier alpha value is -1.13. The van der Waals surface area contributed by atoms with E-state index in [1.807, 2.05) is 16.9 Å². The molecular formula is C15H20BrN3. The first kappa shape index (κ1) is 14.3. The summed E-state index contributed by atoms with van der Waals surface area (Å²) < 4.78 is 2.96. The molecule has 0 aliphatic carbocycles. The van der Waals surface area contributed by atoms with E-state index in [9.17, 15) is 0 Å². The summed E-state index contributed by atoms with van der Waals surface area (Å²) >= 11 is 3.57. The smallest absolute Gasteiger partial charge is 0.0742 e. The highest BCUT2D eigenvalue weighted by atomic mass is 79.9. The van der Waals surface area contributed by atoms with Gasteiger partial charge in [0.1, 0.15) is 0 Å². The van der Waals surface area contributed by atoms with E-state index >= 15 is 0 Å². The summed E-state index contributed by atoms with van der Waals surface area (Å²) in [6, 6.07) is 8.48. The van der Waals surface area contributed by atoms with Crippen LogP contribution in [-0.2, 0) is 6.42 Å². The molecule has 1 unspecified atom stereocenters. The van der Waals surface area contributed by atoms with Crippen molar-refractivity contribution in [3.8, 4) is 0 Å². The van der Waals surface area contributed by atoms with Crippen molar-refractivity contribution in [1.82, 2.24) is 9.78 Å². The number of halogens is 1. The van der Waals surface area contributed by atoms with Crippen LogP contribution in [0.15, 0.2) is 34.9 Å². The number of hydrogen-bond donors (Lipinski definition) is 1. The fourth-order valence-electron chi connectivity index (χ4n) is 2.36. The van der Waals surface area contributed by atoms with Gasteiger partial charge in [0, 0.05) is 6.04 Å². The molecule has 2 N–H and O–H groups in total. The largest absolute Gasteiger partial charge is 0.319 e. The van der Waals surface area contributed by atoms with Gasteiger partial charge >= 0.3 is 0 Å². The highest BCUT2D eigenvalue weighted by molar-refractivity contribution is 9.10. The van der Waals surface area contributed by atoms with E-state index in [1.165, 1.54) is 11.1 Å². The minimum Gasteiger partial charge on any atom is -0.319 e. The molecule has 0 bridgehead atoms. The average Bonchev–Trinajstić information content (AvgIpc) is 2.80. The van der Waals surface area contributed by atoms with Gasteiger partial charge in [-0.15, -0.1) is 0 Å². The Kier molecular flexibility index (Phi) is 4.42. The molecule has 2 aromatic rings. The van der Waals surface area contributed by atoms with E-state index in [2.05, 4.69) is 60.0 Å². The molecule has 1 heterocycles. The van der Waals surface area contributed by atoms with Crippen LogP contribution in [0.25, 0.3) is 0 Å². The van der Waals surface area contributed by atoms with Crippen molar-refractivity contribution in [3.05, 3.63) is 51.8 Å². The predicted octanol–water partition coefficient (Wildman–Crippen LogP) is 3.84. The molecule has 0 radical (unpaired) electrons. The van der Waals surface area contributed by atoms with Gasteiger partial charge in [-0.2, -0.15) is 5.10 Å². The summed E-state index contributed by atoms with van der Waals surface area (Å²) in [5, 5.41) is 4.41. The van der Waals surface area contributed by atoms with E-state index < -0.39 is 0 Å². The Morgan fingerprint density at radius 3 is 2.63 bits per heavy atom. The molecule has 3 nitrogen and oxygen atoms in total. The monoisotopic (exact) mass is 321 g/mol. The zero-order valence-electron chi connectivity index (χ0n) is 11.6. The third-order valence-corrected chi connectivity index (χ3v) is 3.95. The van der Waals surface area contributed by atoms with Crippen LogP contribution in [-0.4, -0.2) is 9.78 Å². The molecule has 0 amide bonds. The molecule has 1 atom stereocenters. The standard InChI is InChI=1S/C15H20BrN3/c1-4-11-7-5-6-8-12(11)14(17)15-13(16)9-18-19(15)10(2)3/h5-10,14H,4,17H2,1-3H3. The SMILES string of the molecule is CCc1ccccc1C(N)c1c(Br)cnn1C(C)C. The summed E-state index contributed by atoms with van der Waals surface area (Å²) in [5.74, 6) is 0. The van der Waals surface area contributed by atoms with Gasteiger partial charge in [0.25, 0.3) is 0 Å². The predicted molar refractivity (Wildman–Crippen MR) is 82.2 cm³/mol. The first-order valence-corrected chi connectivity index (χ1v) is 7.41. The average molecular weight is 322 g/mol. The van der Waals surface area contributed by atoms with Crippen molar-refractivity contribution in [1.29, 1.82) is 0 Å². The number of nitrogens with two attached hydrogens (primary N) is 1. The molecule has 102 valence electrons. The maximum atomic E-state index is 6.49. The highest BCUT2D eigenvalue weighted by Crippen LogP contribution is 2.30. The van der Waals surface area contributed by atoms with Crippen LogP contribution in [0.2, 0.25) is 0 Å². The van der Waals surface area contributed by atoms with Gasteiger partial charge in [0.05, 0.1) is 22.4 Å². The number of rotatable bonds is 4. The van der Waals surface area contributed by atoms with Crippen molar-refractivity contribution in [2.24, 2.45) is 5.73 Å². The molecule has 0 saturated heterocycles. The maximum Gasteiger partial charge on any atom is 0.0742 e. The molecule has 4 heteroatoms. The fraction of sp³-hybridized carbons (Fsp3) is 0.400. The van der Waals surface area contributed by atoms with Crippen LogP contribution in [0.4, 0.5) is 0 Å². The van der Waals surface area contributed by atoms with Gasteiger partial charge in [-0.3, -0.25) is 4.68 Å². The van der Waals surface area contributed by atoms with Gasteiger partial charge in [0.2, 0.25) is 0 Å². The van der Waals surface area contributed by atoms with Crippen LogP contribution in [0.5, 0.6) is 0 Å². The molecule has 0 spiro atoms. The first-order valence-electron chi connectivity index (χ1n) is 6.62. The molecule has 0 aliphatic heterocycles. The molecule has 0 saturated carbocycles. The fourth-order valence-corrected chi connectivity index (χ4v) is 2.88. The Balaban J connectivity index is 2.50. The van der Waals surface area contributed by atoms with E-state index in [1.54, 1.807) is 0 Å². The van der Waals surface area contributed by atoms with Crippen LogP contribution < -0.4 is 5.73 Å². The van der Waals surface area contributed by atoms with E-state index in [-0.39, 0.29) is 6.04 Å². The summed E-state index contributed by atoms with van der Waals surface area (Å²) in [5.41, 5.74) is 9.99. The number of benzene rings is 1. The van der Waals surface area contributed by atoms with Crippen LogP contribution in [0.3, 0.4) is 0 Å². The molecule has 1 aromatic heterocycles. The Morgan fingerprint density at radius 1 is 1.32 bits per heavy atom. The van der Waals surface area contributed by atoms with Crippen LogP contribution >= 0.6 is 15.9 Å². The van der Waals surface area contributed by atoms with E-state index in [0.717, 1.165) is 16.6 Å². The van der Waals surface area contributed by atoms with Crippen molar-refractivity contribution in [2.75, 3.05) is 0 Å². The molecule has 0 aliphatic rings. The second-order valence-electron chi connectivity index (χ2n) is 4.95. The Bertz CT molecular complexity index is 560. The van der Waals surface area contributed by atoms with Crippen LogP contribution in [0, 0.1) is 0 Å². The maximum absolute atomic E-state index is 6.49. The van der Waals surface area contributed by atoms with Gasteiger partial charge in [-0.25, -0.2) is 0 Å². The van der Waals surface area contributed by atoms with Gasteiger partial charge < -0.3 is 5.73 Å². The van der Waals surface area contributed by atoms with Crippen molar-refractivity contribution in [3.63, 3.8) is 0 Å². The number of nitrogens with zero attached hydrogens (tertiary/aromatic N) is 2. The minimum absolute atomic E-state index is 0.157. The van der Waals surface area contributed by atoms with Gasteiger partial charge in [-0.1, -0.05) is 31.2 Å². The highest BCUT2D eigenvalue weighted by Gasteiger charge is 2.21. The second kappa shape index (κ2) is 5.88. The molecular weight excluding hydrogens is 302 g/mol. The van der Waals surface area contributed by atoms with E-state index in [0.29, 0.717) is 6.04 Å². The topological polar surface area (TPSA) is 43.8 Å². The summed E-state index contributed by atoms with van der Waals surface area (Å²) in [6.45, 7) is 6.38. The lowest BCUT2D eigenvalue weighted by molar-refractivity contribution is 0.498. The number of aryl methyl sites for hydroxylation is 1. The lowest BCUT2D eigenvalue weighted by Gasteiger charge is -2.20. The second-order valence-corrected chi connectivity index (χ2v) is 5.80. The third kappa shape index (κ3) is 2.74. The zero-order valence-corrected chi connectivity index (χ0v) is 13.2. The normalized spacial score (nSPS) is 12.9. The third-order valence-electron chi connectivity index (χ3n) is 3.34. The summed E-state index contributed by atoms with van der Waals surface area (Å²) in [6.07, 6.45) is 2.81. The Morgan fingerprint density at radius 2 is 2.00 bits per heavy atom. The quantitative estimate of drug-likeness (QED) is 0.929. The first-order chi connectivity index (χ1) is 9.06. The molecule has 0 fully saturated rings. The Labute approximate surface area is 122 Å². The lowest BCUT2D eigenvalue weighted by Crippen LogP contribution is -2.20. The summed E-state index contributed by atoms with van der Waals surface area (Å²) in [7, 11) is 0. The van der Waals surface area contributed by atoms with Crippen LogP contribution in [0.1, 0.15) is 49.7 Å². The van der Waals surface area contributed by atoms with Crippen molar-refractivity contribution in [2.45, 2.75) is 39.3 Å². The molecule has 1 aromatic carbocycles. The van der Waals surface area contributed by atoms with Gasteiger partial charge in [-0.05, 0) is 47.3 Å². The van der Waals surface area contributed by atoms with Crippen molar-refractivity contribution >= 4 is 15.9 Å². The van der Waals surface area contributed by atoms with E-state index in [4.69, 9.17) is 5.73 Å². The summed E-state index contributed by atoms with van der Waals surface area (Å²) in [4.78, 5) is 0.